The predicted molar refractivity (Wildman–Crippen MR) is 41.9 cm³/mol. The van der Waals surface area contributed by atoms with Gasteiger partial charge in [0.1, 0.15) is 0 Å². The average molecular weight is 416 g/mol. The molecule has 0 radical (unpaired) electrons. The van der Waals surface area contributed by atoms with Crippen LogP contribution in [-0.4, -0.2) is 47.7 Å². The van der Waals surface area contributed by atoms with Crippen molar-refractivity contribution in [1.29, 1.82) is 0 Å². The summed E-state index contributed by atoms with van der Waals surface area (Å²) in [5.41, 5.74) is 0. The van der Waals surface area contributed by atoms with Gasteiger partial charge in [0.2, 0.25) is 0 Å². The van der Waals surface area contributed by atoms with E-state index in [1.165, 1.54) is 0 Å². The van der Waals surface area contributed by atoms with Crippen LogP contribution in [0.15, 0.2) is 0 Å². The molecule has 0 amide bonds. The number of carbonyl (C=O) groups is 1. The van der Waals surface area contributed by atoms with E-state index in [0.29, 0.717) is 0 Å². The molecule has 1 nitrogen and oxygen atoms in total. The van der Waals surface area contributed by atoms with Crippen molar-refractivity contribution in [2.45, 2.75) is 42.0 Å². The van der Waals surface area contributed by atoms with Gasteiger partial charge in [-0.15, -0.1) is 0 Å². The van der Waals surface area contributed by atoms with Crippen LogP contribution in [0, 0.1) is 0 Å². The lowest BCUT2D eigenvalue weighted by molar-refractivity contribution is -0.436. The average Bonchev–Trinajstić information content (AvgIpc) is 2.34. The van der Waals surface area contributed by atoms with E-state index in [0.717, 1.165) is 0 Å². The summed E-state index contributed by atoms with van der Waals surface area (Å²) in [6, 6.07) is 0. The van der Waals surface area contributed by atoms with Crippen LogP contribution in [0.4, 0.5) is 70.2 Å². The van der Waals surface area contributed by atoms with Crippen molar-refractivity contribution in [1.82, 2.24) is 0 Å². The van der Waals surface area contributed by atoms with Crippen molar-refractivity contribution >= 4 is 5.78 Å². The SMILES string of the molecule is O=C(C(F)(F)F)C(F)(F)C(F)(F)C(F)(F)C(F)(F)C(F)(F)C(F)(F)F. The van der Waals surface area contributed by atoms with Gasteiger partial charge in [-0.1, -0.05) is 0 Å². The number of carbonyl (C=O) groups excluding carboxylic acids is 1. The van der Waals surface area contributed by atoms with Crippen molar-refractivity contribution in [3.05, 3.63) is 0 Å². The van der Waals surface area contributed by atoms with Crippen LogP contribution in [0.5, 0.6) is 0 Å². The Morgan fingerprint density at radius 3 is 0.960 bits per heavy atom. The van der Waals surface area contributed by atoms with E-state index >= 15 is 0 Å². The van der Waals surface area contributed by atoms with Gasteiger partial charge in [-0.05, 0) is 0 Å². The third-order valence-electron chi connectivity index (χ3n) is 2.48. The zero-order chi connectivity index (χ0) is 21.1. The first-order chi connectivity index (χ1) is 10.4. The van der Waals surface area contributed by atoms with Gasteiger partial charge in [-0.2, -0.15) is 70.2 Å². The maximum absolute atomic E-state index is 12.8. The molecule has 0 aliphatic rings. The summed E-state index contributed by atoms with van der Waals surface area (Å²) in [5, 5.41) is 0. The first-order valence-corrected chi connectivity index (χ1v) is 4.98. The molecule has 0 fully saturated rings. The predicted octanol–water partition coefficient (Wildman–Crippen LogP) is 4.86. The van der Waals surface area contributed by atoms with Gasteiger partial charge in [0, 0.05) is 0 Å². The molecule has 0 aliphatic heterocycles. The quantitative estimate of drug-likeness (QED) is 0.586. The highest BCUT2D eigenvalue weighted by molar-refractivity contribution is 5.91. The van der Waals surface area contributed by atoms with Crippen LogP contribution in [0.2, 0.25) is 0 Å². The molecule has 0 aromatic heterocycles. The number of hydrogen-bond donors (Lipinski definition) is 0. The smallest absolute Gasteiger partial charge is 0.282 e. The van der Waals surface area contributed by atoms with Crippen LogP contribution < -0.4 is 0 Å². The van der Waals surface area contributed by atoms with Crippen molar-refractivity contribution in [3.8, 4) is 0 Å². The lowest BCUT2D eigenvalue weighted by Crippen LogP contribution is -2.71. The molecule has 0 N–H and O–H groups in total. The molecule has 0 aliphatic carbocycles. The van der Waals surface area contributed by atoms with Gasteiger partial charge >= 0.3 is 47.7 Å². The van der Waals surface area contributed by atoms with Crippen molar-refractivity contribution in [2.24, 2.45) is 0 Å². The lowest BCUT2D eigenvalue weighted by atomic mass is 9.92. The Morgan fingerprint density at radius 2 is 0.720 bits per heavy atom. The number of halogens is 16. The molecular formula is C8F16O. The minimum absolute atomic E-state index is 5.07. The van der Waals surface area contributed by atoms with Gasteiger partial charge in [-0.3, -0.25) is 4.79 Å². The normalized spacial score (nSPS) is 16.2. The van der Waals surface area contributed by atoms with E-state index in [2.05, 4.69) is 0 Å². The highest BCUT2D eigenvalue weighted by atomic mass is 19.4. The van der Waals surface area contributed by atoms with E-state index in [-0.39, 0.29) is 0 Å². The molecule has 0 saturated heterocycles. The first kappa shape index (κ1) is 23.5. The van der Waals surface area contributed by atoms with Crippen molar-refractivity contribution in [3.63, 3.8) is 0 Å². The third kappa shape index (κ3) is 3.09. The number of Topliss-reactive ketones (excluding diaryl/α,β-unsaturated/α-hetero) is 1. The van der Waals surface area contributed by atoms with Crippen molar-refractivity contribution < 1.29 is 75.0 Å². The van der Waals surface area contributed by atoms with E-state index in [1.54, 1.807) is 0 Å². The maximum Gasteiger partial charge on any atom is 0.460 e. The molecule has 150 valence electrons. The number of ketones is 1. The minimum Gasteiger partial charge on any atom is -0.282 e. The topological polar surface area (TPSA) is 17.1 Å². The molecule has 0 rings (SSSR count). The van der Waals surface area contributed by atoms with Gasteiger partial charge in [0.05, 0.1) is 0 Å². The molecule has 0 atom stereocenters. The Morgan fingerprint density at radius 1 is 0.440 bits per heavy atom. The zero-order valence-corrected chi connectivity index (χ0v) is 10.5. The van der Waals surface area contributed by atoms with E-state index in [1.807, 2.05) is 0 Å². The molecule has 17 heteroatoms. The largest absolute Gasteiger partial charge is 0.460 e. The van der Waals surface area contributed by atoms with Gasteiger partial charge in [0.25, 0.3) is 0 Å². The highest BCUT2D eigenvalue weighted by Gasteiger charge is 2.92. The Hall–Kier alpha value is -1.45. The van der Waals surface area contributed by atoms with Crippen LogP contribution in [0.1, 0.15) is 0 Å². The van der Waals surface area contributed by atoms with Gasteiger partial charge < -0.3 is 0 Å². The second-order valence-corrected chi connectivity index (χ2v) is 4.20. The molecular weight excluding hydrogens is 416 g/mol. The van der Waals surface area contributed by atoms with Crippen LogP contribution >= 0.6 is 0 Å². The highest BCUT2D eigenvalue weighted by Crippen LogP contribution is 2.60. The van der Waals surface area contributed by atoms with Gasteiger partial charge in [0.15, 0.2) is 0 Å². The molecule has 0 aromatic carbocycles. The van der Waals surface area contributed by atoms with Crippen molar-refractivity contribution in [2.75, 3.05) is 0 Å². The molecule has 0 unspecified atom stereocenters. The van der Waals surface area contributed by atoms with Crippen LogP contribution in [-0.2, 0) is 4.79 Å². The molecule has 0 bridgehead atoms. The molecule has 25 heavy (non-hydrogen) atoms. The molecule has 0 saturated carbocycles. The van der Waals surface area contributed by atoms with E-state index in [4.69, 9.17) is 0 Å². The molecule has 0 heterocycles. The lowest BCUT2D eigenvalue weighted by Gasteiger charge is -2.39. The Labute approximate surface area is 124 Å². The summed E-state index contributed by atoms with van der Waals surface area (Å²) < 4.78 is 196. The fourth-order valence-corrected chi connectivity index (χ4v) is 1.09. The number of alkyl halides is 16. The third-order valence-corrected chi connectivity index (χ3v) is 2.48. The monoisotopic (exact) mass is 416 g/mol. The fraction of sp³-hybridized carbons (Fsp3) is 0.875. The summed E-state index contributed by atoms with van der Waals surface area (Å²) in [6.07, 6.45) is -14.7. The van der Waals surface area contributed by atoms with Crippen LogP contribution in [0.25, 0.3) is 0 Å². The Kier molecular flexibility index (Phi) is 5.20. The fourth-order valence-electron chi connectivity index (χ4n) is 1.09. The van der Waals surface area contributed by atoms with Crippen LogP contribution in [0.3, 0.4) is 0 Å². The number of hydrogen-bond acceptors (Lipinski definition) is 1. The summed E-state index contributed by atoms with van der Waals surface area (Å²) in [6.45, 7) is 0. The van der Waals surface area contributed by atoms with E-state index in [9.17, 15) is 75.0 Å². The molecule has 0 spiro atoms. The van der Waals surface area contributed by atoms with E-state index < -0.39 is 47.7 Å². The molecule has 0 aromatic rings. The second-order valence-electron chi connectivity index (χ2n) is 4.20. The Bertz CT molecular complexity index is 521. The summed E-state index contributed by atoms with van der Waals surface area (Å²) >= 11 is 0. The summed E-state index contributed by atoms with van der Waals surface area (Å²) in [4.78, 5) is 10.0. The zero-order valence-electron chi connectivity index (χ0n) is 10.5. The minimum atomic E-state index is -8.44. The Balaban J connectivity index is 6.45. The summed E-state index contributed by atoms with van der Waals surface area (Å²) in [5.74, 6) is -46.1. The summed E-state index contributed by atoms with van der Waals surface area (Å²) in [7, 11) is 0. The first-order valence-electron chi connectivity index (χ1n) is 4.98. The second kappa shape index (κ2) is 5.52. The maximum atomic E-state index is 12.8. The van der Waals surface area contributed by atoms with Gasteiger partial charge in [-0.25, -0.2) is 0 Å². The number of rotatable bonds is 5. The standard InChI is InChI=1S/C8F16O/c9-2(10,1(25)3(11,12)13)4(14,15)5(16,17)6(18,19)7(20,21)8(22,23)24.